The minimum absolute atomic E-state index is 0.142. The topological polar surface area (TPSA) is 49.4 Å². The van der Waals surface area contributed by atoms with Crippen LogP contribution in [0.15, 0.2) is 18.2 Å². The third kappa shape index (κ3) is 2.50. The van der Waals surface area contributed by atoms with Crippen LogP contribution in [0.2, 0.25) is 0 Å². The zero-order chi connectivity index (χ0) is 15.6. The quantitative estimate of drug-likeness (QED) is 0.923. The molecule has 21 heavy (non-hydrogen) atoms. The van der Waals surface area contributed by atoms with Crippen LogP contribution in [0.25, 0.3) is 0 Å². The molecule has 1 aliphatic rings. The van der Waals surface area contributed by atoms with Crippen LogP contribution in [0.5, 0.6) is 0 Å². The number of carbonyl (C=O) groups is 2. The van der Waals surface area contributed by atoms with Gasteiger partial charge in [-0.05, 0) is 25.0 Å². The van der Waals surface area contributed by atoms with Crippen molar-refractivity contribution in [3.8, 4) is 0 Å². The predicted molar refractivity (Wildman–Crippen MR) is 73.2 cm³/mol. The Labute approximate surface area is 122 Å². The molecule has 0 saturated carbocycles. The Kier molecular flexibility index (Phi) is 4.25. The fourth-order valence-electron chi connectivity index (χ4n) is 2.81. The SMILES string of the molecule is CCC1(CC)C(=O)NCC(=O)N1Cc1c(F)cccc1F. The minimum Gasteiger partial charge on any atom is -0.345 e. The van der Waals surface area contributed by atoms with Gasteiger partial charge in [0.2, 0.25) is 11.8 Å². The molecule has 0 aliphatic carbocycles. The highest BCUT2D eigenvalue weighted by Crippen LogP contribution is 2.30. The van der Waals surface area contributed by atoms with Gasteiger partial charge >= 0.3 is 0 Å². The Morgan fingerprint density at radius 1 is 1.19 bits per heavy atom. The van der Waals surface area contributed by atoms with Crippen molar-refractivity contribution >= 4 is 11.8 Å². The molecule has 0 unspecified atom stereocenters. The third-order valence-electron chi connectivity index (χ3n) is 4.19. The molecule has 0 atom stereocenters. The van der Waals surface area contributed by atoms with Gasteiger partial charge in [-0.3, -0.25) is 9.59 Å². The lowest BCUT2D eigenvalue weighted by Gasteiger charge is -2.45. The summed E-state index contributed by atoms with van der Waals surface area (Å²) in [5.41, 5.74) is -1.24. The average Bonchev–Trinajstić information content (AvgIpc) is 2.47. The number of amides is 2. The Hall–Kier alpha value is -1.98. The second-order valence-corrected chi connectivity index (χ2v) is 5.10. The van der Waals surface area contributed by atoms with Crippen molar-refractivity contribution < 1.29 is 18.4 Å². The molecule has 0 spiro atoms. The first-order chi connectivity index (χ1) is 9.96. The number of benzene rings is 1. The van der Waals surface area contributed by atoms with E-state index in [9.17, 15) is 18.4 Å². The summed E-state index contributed by atoms with van der Waals surface area (Å²) in [7, 11) is 0. The predicted octanol–water partition coefficient (Wildman–Crippen LogP) is 1.98. The molecule has 0 bridgehead atoms. The molecule has 1 aliphatic heterocycles. The lowest BCUT2D eigenvalue weighted by Crippen LogP contribution is -2.66. The number of nitrogens with one attached hydrogen (secondary N) is 1. The maximum Gasteiger partial charge on any atom is 0.246 e. The summed E-state index contributed by atoms with van der Waals surface area (Å²) in [4.78, 5) is 25.7. The van der Waals surface area contributed by atoms with E-state index in [0.717, 1.165) is 12.1 Å². The summed E-state index contributed by atoms with van der Waals surface area (Å²) in [6, 6.07) is 3.56. The fraction of sp³-hybridized carbons (Fsp3) is 0.467. The summed E-state index contributed by atoms with van der Waals surface area (Å²) >= 11 is 0. The standard InChI is InChI=1S/C15H18F2N2O2/c1-3-15(4-2)14(21)18-8-13(20)19(15)9-10-11(16)6-5-7-12(10)17/h5-7H,3-4,8-9H2,1-2H3,(H,18,21). The van der Waals surface area contributed by atoms with Gasteiger partial charge in [0, 0.05) is 5.56 Å². The van der Waals surface area contributed by atoms with E-state index in [2.05, 4.69) is 5.32 Å². The van der Waals surface area contributed by atoms with Crippen molar-refractivity contribution in [3.05, 3.63) is 35.4 Å². The van der Waals surface area contributed by atoms with Crippen molar-refractivity contribution in [1.82, 2.24) is 10.2 Å². The van der Waals surface area contributed by atoms with Gasteiger partial charge in [-0.25, -0.2) is 8.78 Å². The summed E-state index contributed by atoms with van der Waals surface area (Å²) in [5.74, 6) is -2.03. The van der Waals surface area contributed by atoms with Crippen LogP contribution < -0.4 is 5.32 Å². The molecule has 0 aromatic heterocycles. The van der Waals surface area contributed by atoms with E-state index < -0.39 is 17.2 Å². The monoisotopic (exact) mass is 296 g/mol. The lowest BCUT2D eigenvalue weighted by molar-refractivity contribution is -0.155. The number of hydrogen-bond acceptors (Lipinski definition) is 2. The lowest BCUT2D eigenvalue weighted by atomic mass is 9.87. The van der Waals surface area contributed by atoms with E-state index in [1.807, 2.05) is 0 Å². The first-order valence-corrected chi connectivity index (χ1v) is 6.98. The summed E-state index contributed by atoms with van der Waals surface area (Å²) in [5, 5.41) is 2.55. The zero-order valence-corrected chi connectivity index (χ0v) is 12.1. The Bertz CT molecular complexity index is 551. The molecule has 1 N–H and O–H groups in total. The molecule has 6 heteroatoms. The normalized spacial score (nSPS) is 17.8. The number of rotatable bonds is 4. The highest BCUT2D eigenvalue weighted by molar-refractivity contribution is 5.97. The maximum atomic E-state index is 13.8. The second-order valence-electron chi connectivity index (χ2n) is 5.10. The summed E-state index contributed by atoms with van der Waals surface area (Å²) in [6.45, 7) is 3.18. The van der Waals surface area contributed by atoms with Crippen LogP contribution >= 0.6 is 0 Å². The average molecular weight is 296 g/mol. The molecular weight excluding hydrogens is 278 g/mol. The Morgan fingerprint density at radius 2 is 1.76 bits per heavy atom. The molecule has 114 valence electrons. The van der Waals surface area contributed by atoms with Crippen LogP contribution in [-0.4, -0.2) is 28.8 Å². The Morgan fingerprint density at radius 3 is 2.29 bits per heavy atom. The van der Waals surface area contributed by atoms with Gasteiger partial charge in [0.15, 0.2) is 0 Å². The number of piperazine rings is 1. The molecule has 2 rings (SSSR count). The second kappa shape index (κ2) is 5.79. The molecule has 1 heterocycles. The van der Waals surface area contributed by atoms with Crippen LogP contribution in [0.4, 0.5) is 8.78 Å². The first-order valence-electron chi connectivity index (χ1n) is 6.98. The van der Waals surface area contributed by atoms with E-state index >= 15 is 0 Å². The van der Waals surface area contributed by atoms with Gasteiger partial charge in [0.05, 0.1) is 13.1 Å². The molecule has 1 saturated heterocycles. The summed E-state index contributed by atoms with van der Waals surface area (Å²) < 4.78 is 27.6. The van der Waals surface area contributed by atoms with Gasteiger partial charge in [-0.1, -0.05) is 19.9 Å². The number of nitrogens with zero attached hydrogens (tertiary/aromatic N) is 1. The van der Waals surface area contributed by atoms with Crippen molar-refractivity contribution in [2.45, 2.75) is 38.8 Å². The molecule has 4 nitrogen and oxygen atoms in total. The highest BCUT2D eigenvalue weighted by atomic mass is 19.1. The van der Waals surface area contributed by atoms with Crippen molar-refractivity contribution in [2.75, 3.05) is 6.54 Å². The Balaban J connectivity index is 2.43. The van der Waals surface area contributed by atoms with E-state index in [-0.39, 0.29) is 30.5 Å². The van der Waals surface area contributed by atoms with Gasteiger partial charge in [-0.2, -0.15) is 0 Å². The molecule has 1 aromatic rings. The van der Waals surface area contributed by atoms with Gasteiger partial charge in [0.1, 0.15) is 17.2 Å². The molecular formula is C15H18F2N2O2. The number of carbonyl (C=O) groups excluding carboxylic acids is 2. The van der Waals surface area contributed by atoms with Crippen molar-refractivity contribution in [3.63, 3.8) is 0 Å². The highest BCUT2D eigenvalue weighted by Gasteiger charge is 2.46. The van der Waals surface area contributed by atoms with Gasteiger partial charge < -0.3 is 10.2 Å². The van der Waals surface area contributed by atoms with Crippen LogP contribution in [0.3, 0.4) is 0 Å². The molecule has 1 fully saturated rings. The van der Waals surface area contributed by atoms with E-state index in [1.54, 1.807) is 13.8 Å². The molecule has 2 amide bonds. The first kappa shape index (κ1) is 15.4. The summed E-state index contributed by atoms with van der Waals surface area (Å²) in [6.07, 6.45) is 0.772. The minimum atomic E-state index is -1.05. The van der Waals surface area contributed by atoms with Gasteiger partial charge in [0.25, 0.3) is 0 Å². The van der Waals surface area contributed by atoms with Crippen LogP contribution in [0, 0.1) is 11.6 Å². The largest absolute Gasteiger partial charge is 0.345 e. The number of hydrogen-bond donors (Lipinski definition) is 1. The van der Waals surface area contributed by atoms with Crippen LogP contribution in [0.1, 0.15) is 32.3 Å². The fourth-order valence-corrected chi connectivity index (χ4v) is 2.81. The molecule has 0 radical (unpaired) electrons. The smallest absolute Gasteiger partial charge is 0.246 e. The van der Waals surface area contributed by atoms with E-state index in [4.69, 9.17) is 0 Å². The maximum absolute atomic E-state index is 13.8. The molecule has 1 aromatic carbocycles. The zero-order valence-electron chi connectivity index (χ0n) is 12.1. The third-order valence-corrected chi connectivity index (χ3v) is 4.19. The van der Waals surface area contributed by atoms with Gasteiger partial charge in [-0.15, -0.1) is 0 Å². The van der Waals surface area contributed by atoms with E-state index in [1.165, 1.54) is 11.0 Å². The van der Waals surface area contributed by atoms with Crippen molar-refractivity contribution in [2.24, 2.45) is 0 Å². The van der Waals surface area contributed by atoms with E-state index in [0.29, 0.717) is 12.8 Å². The van der Waals surface area contributed by atoms with Crippen LogP contribution in [-0.2, 0) is 16.1 Å². The van der Waals surface area contributed by atoms with Crippen molar-refractivity contribution in [1.29, 1.82) is 0 Å². The number of halogens is 2.